The number of anilines is 1. The summed E-state index contributed by atoms with van der Waals surface area (Å²) in [6.07, 6.45) is 0. The molecule has 2 aromatic rings. The number of non-ortho nitro benzene ring substituents is 1. The Morgan fingerprint density at radius 1 is 1.07 bits per heavy atom. The zero-order chi connectivity index (χ0) is 21.1. The predicted octanol–water partition coefficient (Wildman–Crippen LogP) is 2.49. The standard InChI is InChI=1S/C20H21N3O6/c1-13-19(24)22(16-8-9-17(28-2)18(12-16)29-3)11-10-21(13)20(25)14-4-6-15(7-5-14)23(26)27/h4-9,12-13H,10-11H2,1-3H3/t13-/m0/s1. The van der Waals surface area contributed by atoms with E-state index in [0.29, 0.717) is 35.8 Å². The number of methoxy groups -OCH3 is 2. The number of amides is 2. The maximum absolute atomic E-state index is 12.9. The first-order valence-electron chi connectivity index (χ1n) is 8.96. The number of hydrogen-bond donors (Lipinski definition) is 0. The third-order valence-corrected chi connectivity index (χ3v) is 4.92. The molecule has 3 rings (SSSR count). The Kier molecular flexibility index (Phi) is 5.67. The van der Waals surface area contributed by atoms with E-state index in [-0.39, 0.29) is 17.5 Å². The highest BCUT2D eigenvalue weighted by atomic mass is 16.6. The Hall–Kier alpha value is -3.62. The van der Waals surface area contributed by atoms with Crippen LogP contribution in [0.1, 0.15) is 17.3 Å². The van der Waals surface area contributed by atoms with Crippen molar-refractivity contribution in [1.82, 2.24) is 4.90 Å². The van der Waals surface area contributed by atoms with E-state index >= 15 is 0 Å². The minimum atomic E-state index is -0.681. The lowest BCUT2D eigenvalue weighted by Gasteiger charge is -2.39. The van der Waals surface area contributed by atoms with Gasteiger partial charge in [-0.2, -0.15) is 0 Å². The van der Waals surface area contributed by atoms with Gasteiger partial charge in [0.15, 0.2) is 11.5 Å². The summed E-state index contributed by atoms with van der Waals surface area (Å²) >= 11 is 0. The second-order valence-electron chi connectivity index (χ2n) is 6.51. The molecule has 1 heterocycles. The van der Waals surface area contributed by atoms with Crippen LogP contribution in [0.5, 0.6) is 11.5 Å². The highest BCUT2D eigenvalue weighted by Gasteiger charge is 2.35. The molecule has 152 valence electrons. The largest absolute Gasteiger partial charge is 0.493 e. The molecule has 9 nitrogen and oxygen atoms in total. The van der Waals surface area contributed by atoms with Crippen molar-refractivity contribution < 1.29 is 24.0 Å². The Labute approximate surface area is 167 Å². The van der Waals surface area contributed by atoms with Gasteiger partial charge in [-0.15, -0.1) is 0 Å². The van der Waals surface area contributed by atoms with Gasteiger partial charge in [0.1, 0.15) is 6.04 Å². The van der Waals surface area contributed by atoms with Gasteiger partial charge in [0, 0.05) is 42.5 Å². The second-order valence-corrected chi connectivity index (χ2v) is 6.51. The van der Waals surface area contributed by atoms with E-state index in [2.05, 4.69) is 0 Å². The number of nitro groups is 1. The van der Waals surface area contributed by atoms with Gasteiger partial charge in [-0.3, -0.25) is 19.7 Å². The first kappa shape index (κ1) is 20.1. The van der Waals surface area contributed by atoms with Crippen LogP contribution < -0.4 is 14.4 Å². The molecule has 1 fully saturated rings. The average molecular weight is 399 g/mol. The van der Waals surface area contributed by atoms with Crippen molar-refractivity contribution in [2.24, 2.45) is 0 Å². The minimum absolute atomic E-state index is 0.0936. The molecule has 29 heavy (non-hydrogen) atoms. The first-order chi connectivity index (χ1) is 13.9. The number of benzene rings is 2. The molecule has 1 saturated heterocycles. The molecule has 1 aliphatic rings. The summed E-state index contributed by atoms with van der Waals surface area (Å²) in [6.45, 7) is 2.31. The van der Waals surface area contributed by atoms with Crippen LogP contribution in [0.2, 0.25) is 0 Å². The molecule has 1 aliphatic heterocycles. The van der Waals surface area contributed by atoms with Gasteiger partial charge in [0.25, 0.3) is 11.6 Å². The third-order valence-electron chi connectivity index (χ3n) is 4.92. The quantitative estimate of drug-likeness (QED) is 0.565. The molecular weight excluding hydrogens is 378 g/mol. The summed E-state index contributed by atoms with van der Waals surface area (Å²) < 4.78 is 10.5. The Morgan fingerprint density at radius 2 is 1.72 bits per heavy atom. The SMILES string of the molecule is COc1ccc(N2CCN(C(=O)c3ccc([N+](=O)[O-])cc3)[C@@H](C)C2=O)cc1OC. The highest BCUT2D eigenvalue weighted by molar-refractivity contribution is 6.03. The smallest absolute Gasteiger partial charge is 0.269 e. The van der Waals surface area contributed by atoms with Crippen LogP contribution in [0, 0.1) is 10.1 Å². The number of carbonyl (C=O) groups is 2. The molecule has 0 spiro atoms. The molecule has 0 radical (unpaired) electrons. The molecular formula is C20H21N3O6. The molecule has 1 atom stereocenters. The summed E-state index contributed by atoms with van der Waals surface area (Å²) in [7, 11) is 3.06. The topological polar surface area (TPSA) is 102 Å². The molecule has 0 saturated carbocycles. The number of carbonyl (C=O) groups excluding carboxylic acids is 2. The maximum atomic E-state index is 12.9. The fraction of sp³-hybridized carbons (Fsp3) is 0.300. The normalized spacial score (nSPS) is 16.5. The fourth-order valence-electron chi connectivity index (χ4n) is 3.29. The van der Waals surface area contributed by atoms with Gasteiger partial charge in [0.2, 0.25) is 5.91 Å². The van der Waals surface area contributed by atoms with E-state index in [1.807, 2.05) is 0 Å². The van der Waals surface area contributed by atoms with E-state index in [4.69, 9.17) is 9.47 Å². The van der Waals surface area contributed by atoms with Crippen molar-refractivity contribution in [3.05, 3.63) is 58.1 Å². The van der Waals surface area contributed by atoms with Crippen LogP contribution in [0.4, 0.5) is 11.4 Å². The minimum Gasteiger partial charge on any atom is -0.493 e. The lowest BCUT2D eigenvalue weighted by atomic mass is 10.1. The predicted molar refractivity (Wildman–Crippen MR) is 105 cm³/mol. The fourth-order valence-corrected chi connectivity index (χ4v) is 3.29. The van der Waals surface area contributed by atoms with Crippen LogP contribution in [0.15, 0.2) is 42.5 Å². The number of nitrogens with zero attached hydrogens (tertiary/aromatic N) is 3. The molecule has 0 N–H and O–H groups in total. The summed E-state index contributed by atoms with van der Waals surface area (Å²) in [5.41, 5.74) is 0.862. The van der Waals surface area contributed by atoms with Crippen molar-refractivity contribution in [1.29, 1.82) is 0 Å². The van der Waals surface area contributed by atoms with Gasteiger partial charge in [-0.1, -0.05) is 0 Å². The van der Waals surface area contributed by atoms with Gasteiger partial charge >= 0.3 is 0 Å². The molecule has 0 aromatic heterocycles. The van der Waals surface area contributed by atoms with E-state index in [1.54, 1.807) is 30.0 Å². The number of ether oxygens (including phenoxy) is 2. The van der Waals surface area contributed by atoms with Crippen LogP contribution in [0.25, 0.3) is 0 Å². The molecule has 0 aliphatic carbocycles. The van der Waals surface area contributed by atoms with Crippen LogP contribution >= 0.6 is 0 Å². The van der Waals surface area contributed by atoms with E-state index in [9.17, 15) is 19.7 Å². The summed E-state index contributed by atoms with van der Waals surface area (Å²) in [5.74, 6) is 0.505. The van der Waals surface area contributed by atoms with Crippen molar-refractivity contribution in [2.75, 3.05) is 32.2 Å². The van der Waals surface area contributed by atoms with Crippen LogP contribution in [-0.2, 0) is 4.79 Å². The molecule has 0 bridgehead atoms. The monoisotopic (exact) mass is 399 g/mol. The van der Waals surface area contributed by atoms with Crippen molar-refractivity contribution in [2.45, 2.75) is 13.0 Å². The lowest BCUT2D eigenvalue weighted by molar-refractivity contribution is -0.384. The third kappa shape index (κ3) is 3.84. The first-order valence-corrected chi connectivity index (χ1v) is 8.96. The zero-order valence-corrected chi connectivity index (χ0v) is 16.3. The van der Waals surface area contributed by atoms with E-state index in [0.717, 1.165) is 0 Å². The Balaban J connectivity index is 1.78. The number of piperazine rings is 1. The Bertz CT molecular complexity index is 944. The number of rotatable bonds is 5. The maximum Gasteiger partial charge on any atom is 0.269 e. The van der Waals surface area contributed by atoms with Crippen LogP contribution in [-0.4, -0.2) is 55.0 Å². The Morgan fingerprint density at radius 3 is 2.31 bits per heavy atom. The molecule has 2 aromatic carbocycles. The molecule has 0 unspecified atom stereocenters. The van der Waals surface area contributed by atoms with Crippen LogP contribution in [0.3, 0.4) is 0 Å². The van der Waals surface area contributed by atoms with Gasteiger partial charge in [0.05, 0.1) is 19.1 Å². The second kappa shape index (κ2) is 8.17. The van der Waals surface area contributed by atoms with Gasteiger partial charge < -0.3 is 19.3 Å². The van der Waals surface area contributed by atoms with Crippen molar-refractivity contribution in [3.63, 3.8) is 0 Å². The van der Waals surface area contributed by atoms with Gasteiger partial charge in [-0.25, -0.2) is 0 Å². The number of hydrogen-bond acceptors (Lipinski definition) is 6. The molecule has 2 amide bonds. The number of nitro benzene ring substituents is 1. The highest BCUT2D eigenvalue weighted by Crippen LogP contribution is 2.32. The summed E-state index contributed by atoms with van der Waals surface area (Å²) in [4.78, 5) is 39.1. The average Bonchev–Trinajstić information content (AvgIpc) is 2.74. The summed E-state index contributed by atoms with van der Waals surface area (Å²) in [5, 5.41) is 10.8. The van der Waals surface area contributed by atoms with E-state index < -0.39 is 11.0 Å². The van der Waals surface area contributed by atoms with Gasteiger partial charge in [-0.05, 0) is 31.2 Å². The molecule has 9 heteroatoms. The zero-order valence-electron chi connectivity index (χ0n) is 16.3. The van der Waals surface area contributed by atoms with Crippen molar-refractivity contribution >= 4 is 23.2 Å². The lowest BCUT2D eigenvalue weighted by Crippen LogP contribution is -2.57. The summed E-state index contributed by atoms with van der Waals surface area (Å²) in [6, 6.07) is 9.88. The van der Waals surface area contributed by atoms with Crippen molar-refractivity contribution in [3.8, 4) is 11.5 Å². The van der Waals surface area contributed by atoms with E-state index in [1.165, 1.54) is 43.4 Å².